The van der Waals surface area contributed by atoms with Crippen LogP contribution in [0, 0.1) is 0 Å². The zero-order valence-electron chi connectivity index (χ0n) is 9.33. The first-order chi connectivity index (χ1) is 7.34. The highest BCUT2D eigenvalue weighted by Crippen LogP contribution is 2.08. The van der Waals surface area contributed by atoms with Crippen LogP contribution in [0.1, 0.15) is 62.5 Å². The van der Waals surface area contributed by atoms with E-state index in [2.05, 4.69) is 22.1 Å². The van der Waals surface area contributed by atoms with Gasteiger partial charge in [-0.05, 0) is 6.42 Å². The molecule has 1 aromatic rings. The maximum atomic E-state index is 11.5. The minimum atomic E-state index is 0.0722. The lowest BCUT2D eigenvalue weighted by atomic mass is 10.1. The molecule has 4 nitrogen and oxygen atoms in total. The molecule has 4 heteroatoms. The molecule has 0 aliphatic carbocycles. The Labute approximate surface area is 90.5 Å². The van der Waals surface area contributed by atoms with Crippen molar-refractivity contribution in [3.8, 4) is 0 Å². The SMILES string of the molecule is CCCCCCCCC(=O)c1ncn[nH]1. The van der Waals surface area contributed by atoms with Crippen molar-refractivity contribution in [1.29, 1.82) is 0 Å². The van der Waals surface area contributed by atoms with Crippen LogP contribution in [0.25, 0.3) is 0 Å². The maximum Gasteiger partial charge on any atom is 0.199 e. The van der Waals surface area contributed by atoms with Gasteiger partial charge in [0.15, 0.2) is 11.6 Å². The van der Waals surface area contributed by atoms with Gasteiger partial charge in [-0.3, -0.25) is 9.89 Å². The van der Waals surface area contributed by atoms with Gasteiger partial charge in [0, 0.05) is 6.42 Å². The van der Waals surface area contributed by atoms with Crippen LogP contribution in [0.2, 0.25) is 0 Å². The molecular weight excluding hydrogens is 190 g/mol. The van der Waals surface area contributed by atoms with Gasteiger partial charge in [0.25, 0.3) is 0 Å². The number of carbonyl (C=O) groups is 1. The number of aromatic amines is 1. The Morgan fingerprint density at radius 3 is 2.67 bits per heavy atom. The smallest absolute Gasteiger partial charge is 0.199 e. The molecule has 0 radical (unpaired) electrons. The van der Waals surface area contributed by atoms with Gasteiger partial charge in [0.2, 0.25) is 0 Å². The number of aromatic nitrogens is 3. The topological polar surface area (TPSA) is 58.6 Å². The van der Waals surface area contributed by atoms with Crippen LogP contribution in [0.5, 0.6) is 0 Å². The maximum absolute atomic E-state index is 11.5. The molecule has 1 rings (SSSR count). The predicted molar refractivity (Wildman–Crippen MR) is 58.7 cm³/mol. The first-order valence-corrected chi connectivity index (χ1v) is 5.73. The van der Waals surface area contributed by atoms with Crippen LogP contribution in [-0.4, -0.2) is 21.0 Å². The van der Waals surface area contributed by atoms with E-state index in [4.69, 9.17) is 0 Å². The van der Waals surface area contributed by atoms with Gasteiger partial charge >= 0.3 is 0 Å². The van der Waals surface area contributed by atoms with E-state index in [0.29, 0.717) is 12.2 Å². The highest BCUT2D eigenvalue weighted by Gasteiger charge is 2.07. The second-order valence-electron chi connectivity index (χ2n) is 3.78. The summed E-state index contributed by atoms with van der Waals surface area (Å²) in [4.78, 5) is 15.3. The van der Waals surface area contributed by atoms with E-state index >= 15 is 0 Å². The van der Waals surface area contributed by atoms with Crippen molar-refractivity contribution in [2.45, 2.75) is 51.9 Å². The standard InChI is InChI=1S/C11H19N3O/c1-2-3-4-5-6-7-8-10(15)11-12-9-13-14-11/h9H,2-8H2,1H3,(H,12,13,14). The summed E-state index contributed by atoms with van der Waals surface area (Å²) < 4.78 is 0. The van der Waals surface area contributed by atoms with Crippen molar-refractivity contribution in [1.82, 2.24) is 15.2 Å². The van der Waals surface area contributed by atoms with Crippen molar-refractivity contribution in [3.63, 3.8) is 0 Å². The van der Waals surface area contributed by atoms with Crippen LogP contribution < -0.4 is 0 Å². The zero-order valence-corrected chi connectivity index (χ0v) is 9.33. The van der Waals surface area contributed by atoms with Crippen molar-refractivity contribution >= 4 is 5.78 Å². The monoisotopic (exact) mass is 209 g/mol. The summed E-state index contributed by atoms with van der Waals surface area (Å²) in [6.45, 7) is 2.20. The normalized spacial score (nSPS) is 10.5. The highest BCUT2D eigenvalue weighted by atomic mass is 16.1. The van der Waals surface area contributed by atoms with E-state index in [0.717, 1.165) is 12.8 Å². The lowest BCUT2D eigenvalue weighted by Gasteiger charge is -1.98. The largest absolute Gasteiger partial charge is 0.291 e. The number of hydrogen-bond donors (Lipinski definition) is 1. The highest BCUT2D eigenvalue weighted by molar-refractivity contribution is 5.92. The van der Waals surface area contributed by atoms with Crippen molar-refractivity contribution in [2.24, 2.45) is 0 Å². The third kappa shape index (κ3) is 4.72. The van der Waals surface area contributed by atoms with Crippen molar-refractivity contribution in [3.05, 3.63) is 12.2 Å². The number of carbonyl (C=O) groups excluding carboxylic acids is 1. The van der Waals surface area contributed by atoms with Crippen LogP contribution in [0.15, 0.2) is 6.33 Å². The lowest BCUT2D eigenvalue weighted by molar-refractivity contribution is 0.0969. The number of nitrogens with zero attached hydrogens (tertiary/aromatic N) is 2. The van der Waals surface area contributed by atoms with Gasteiger partial charge in [-0.2, -0.15) is 5.10 Å². The summed E-state index contributed by atoms with van der Waals surface area (Å²) in [6, 6.07) is 0. The van der Waals surface area contributed by atoms with Crippen molar-refractivity contribution < 1.29 is 4.79 Å². The summed E-state index contributed by atoms with van der Waals surface area (Å²) in [7, 11) is 0. The first-order valence-electron chi connectivity index (χ1n) is 5.73. The van der Waals surface area contributed by atoms with Gasteiger partial charge < -0.3 is 0 Å². The molecule has 0 saturated carbocycles. The summed E-state index contributed by atoms with van der Waals surface area (Å²) in [5, 5.41) is 6.24. The molecule has 0 aliphatic heterocycles. The number of rotatable bonds is 8. The quantitative estimate of drug-likeness (QED) is 0.529. The molecule has 84 valence electrons. The molecular formula is C11H19N3O. The van der Waals surface area contributed by atoms with E-state index in [9.17, 15) is 4.79 Å². The second-order valence-corrected chi connectivity index (χ2v) is 3.78. The Bertz CT molecular complexity index is 269. The Morgan fingerprint density at radius 1 is 1.27 bits per heavy atom. The third-order valence-corrected chi connectivity index (χ3v) is 2.44. The Hall–Kier alpha value is -1.19. The van der Waals surface area contributed by atoms with Gasteiger partial charge in [-0.15, -0.1) is 0 Å². The van der Waals surface area contributed by atoms with Crippen LogP contribution >= 0.6 is 0 Å². The Kier molecular flexibility index (Phi) is 5.66. The van der Waals surface area contributed by atoms with Crippen LogP contribution in [0.4, 0.5) is 0 Å². The fraction of sp³-hybridized carbons (Fsp3) is 0.727. The summed E-state index contributed by atoms with van der Waals surface area (Å²) in [6.07, 6.45) is 9.14. The average molecular weight is 209 g/mol. The molecule has 0 fully saturated rings. The third-order valence-electron chi connectivity index (χ3n) is 2.44. The molecule has 0 amide bonds. The van der Waals surface area contributed by atoms with Gasteiger partial charge in [0.05, 0.1) is 0 Å². The minimum Gasteiger partial charge on any atom is -0.291 e. The van der Waals surface area contributed by atoms with E-state index in [1.165, 1.54) is 32.0 Å². The second kappa shape index (κ2) is 7.15. The molecule has 0 aromatic carbocycles. The van der Waals surface area contributed by atoms with E-state index in [1.54, 1.807) is 0 Å². The Morgan fingerprint density at radius 2 is 2.00 bits per heavy atom. The fourth-order valence-electron chi connectivity index (χ4n) is 1.52. The molecule has 1 N–H and O–H groups in total. The molecule has 0 unspecified atom stereocenters. The number of Topliss-reactive ketones (excluding diaryl/α,β-unsaturated/α-hetero) is 1. The number of nitrogens with one attached hydrogen (secondary N) is 1. The molecule has 0 aliphatic rings. The number of ketones is 1. The summed E-state index contributed by atoms with van der Waals surface area (Å²) in [5.74, 6) is 0.464. The number of H-pyrrole nitrogens is 1. The summed E-state index contributed by atoms with van der Waals surface area (Å²) in [5.41, 5.74) is 0. The van der Waals surface area contributed by atoms with Crippen LogP contribution in [0.3, 0.4) is 0 Å². The summed E-state index contributed by atoms with van der Waals surface area (Å²) >= 11 is 0. The molecule has 0 atom stereocenters. The van der Waals surface area contributed by atoms with Gasteiger partial charge in [-0.25, -0.2) is 4.98 Å². The van der Waals surface area contributed by atoms with Gasteiger partial charge in [0.1, 0.15) is 6.33 Å². The molecule has 1 aromatic heterocycles. The minimum absolute atomic E-state index is 0.0722. The van der Waals surface area contributed by atoms with Crippen molar-refractivity contribution in [2.75, 3.05) is 0 Å². The van der Waals surface area contributed by atoms with E-state index in [-0.39, 0.29) is 5.78 Å². The van der Waals surface area contributed by atoms with Gasteiger partial charge in [-0.1, -0.05) is 39.0 Å². The molecule has 1 heterocycles. The predicted octanol–water partition coefficient (Wildman–Crippen LogP) is 2.74. The molecule has 0 spiro atoms. The zero-order chi connectivity index (χ0) is 10.9. The Balaban J connectivity index is 2.03. The number of unbranched alkanes of at least 4 members (excludes halogenated alkanes) is 5. The van der Waals surface area contributed by atoms with E-state index in [1.807, 2.05) is 0 Å². The van der Waals surface area contributed by atoms with E-state index < -0.39 is 0 Å². The molecule has 0 bridgehead atoms. The number of hydrogen-bond acceptors (Lipinski definition) is 3. The first kappa shape index (κ1) is 11.9. The lowest BCUT2D eigenvalue weighted by Crippen LogP contribution is -2.01. The fourth-order valence-corrected chi connectivity index (χ4v) is 1.52. The van der Waals surface area contributed by atoms with Crippen LogP contribution in [-0.2, 0) is 0 Å². The molecule has 0 saturated heterocycles. The molecule has 15 heavy (non-hydrogen) atoms. The average Bonchev–Trinajstić information content (AvgIpc) is 2.76.